The zero-order chi connectivity index (χ0) is 15.6. The molecular formula is C17H32N2O3. The van der Waals surface area contributed by atoms with E-state index < -0.39 is 0 Å². The van der Waals surface area contributed by atoms with Gasteiger partial charge in [-0.3, -0.25) is 4.79 Å². The summed E-state index contributed by atoms with van der Waals surface area (Å²) < 4.78 is 11.1. The molecule has 2 aliphatic rings. The van der Waals surface area contributed by atoms with E-state index >= 15 is 0 Å². The average molecular weight is 312 g/mol. The van der Waals surface area contributed by atoms with E-state index in [4.69, 9.17) is 9.47 Å². The van der Waals surface area contributed by atoms with Gasteiger partial charge in [0.1, 0.15) is 0 Å². The van der Waals surface area contributed by atoms with Crippen LogP contribution in [0.4, 0.5) is 0 Å². The second-order valence-corrected chi connectivity index (χ2v) is 6.67. The van der Waals surface area contributed by atoms with Crippen LogP contribution < -0.4 is 10.6 Å². The first-order valence-corrected chi connectivity index (χ1v) is 8.92. The number of carbonyl (C=O) groups is 1. The molecule has 2 saturated heterocycles. The molecule has 0 aliphatic carbocycles. The Morgan fingerprint density at radius 3 is 2.91 bits per heavy atom. The number of piperidine rings is 1. The van der Waals surface area contributed by atoms with E-state index in [0.717, 1.165) is 58.7 Å². The van der Waals surface area contributed by atoms with Crippen molar-refractivity contribution in [2.75, 3.05) is 39.5 Å². The molecule has 2 unspecified atom stereocenters. The van der Waals surface area contributed by atoms with Crippen molar-refractivity contribution in [2.24, 2.45) is 11.8 Å². The van der Waals surface area contributed by atoms with Crippen molar-refractivity contribution in [1.29, 1.82) is 0 Å². The summed E-state index contributed by atoms with van der Waals surface area (Å²) in [6, 6.07) is 0. The number of carbonyl (C=O) groups excluding carboxylic acids is 1. The van der Waals surface area contributed by atoms with Gasteiger partial charge in [0.15, 0.2) is 0 Å². The molecule has 22 heavy (non-hydrogen) atoms. The molecule has 2 atom stereocenters. The van der Waals surface area contributed by atoms with Crippen LogP contribution in [0.5, 0.6) is 0 Å². The van der Waals surface area contributed by atoms with Crippen molar-refractivity contribution in [2.45, 2.75) is 51.6 Å². The van der Waals surface area contributed by atoms with Gasteiger partial charge in [0.25, 0.3) is 0 Å². The van der Waals surface area contributed by atoms with Crippen LogP contribution in [-0.2, 0) is 14.3 Å². The normalized spacial score (nSPS) is 24.9. The number of hydrogen-bond donors (Lipinski definition) is 2. The van der Waals surface area contributed by atoms with Gasteiger partial charge in [0.05, 0.1) is 6.10 Å². The molecule has 2 aliphatic heterocycles. The molecular weight excluding hydrogens is 280 g/mol. The Morgan fingerprint density at radius 1 is 1.36 bits per heavy atom. The minimum Gasteiger partial charge on any atom is -0.381 e. The summed E-state index contributed by atoms with van der Waals surface area (Å²) in [7, 11) is 0. The van der Waals surface area contributed by atoms with Crippen LogP contribution in [0, 0.1) is 11.8 Å². The molecule has 5 heteroatoms. The molecule has 0 aromatic carbocycles. The van der Waals surface area contributed by atoms with Crippen LogP contribution in [0.1, 0.15) is 45.4 Å². The summed E-state index contributed by atoms with van der Waals surface area (Å²) in [4.78, 5) is 12.0. The quantitative estimate of drug-likeness (QED) is 0.670. The second kappa shape index (κ2) is 10.2. The van der Waals surface area contributed by atoms with Gasteiger partial charge in [0.2, 0.25) is 5.91 Å². The maximum atomic E-state index is 12.0. The molecule has 128 valence electrons. The summed E-state index contributed by atoms with van der Waals surface area (Å²) in [6.45, 7) is 7.47. The second-order valence-electron chi connectivity index (χ2n) is 6.67. The fourth-order valence-electron chi connectivity index (χ4n) is 3.29. The van der Waals surface area contributed by atoms with Crippen LogP contribution in [0.2, 0.25) is 0 Å². The molecule has 2 rings (SSSR count). The first-order chi connectivity index (χ1) is 10.8. The monoisotopic (exact) mass is 312 g/mol. The molecule has 2 N–H and O–H groups in total. The molecule has 0 bridgehead atoms. The minimum absolute atomic E-state index is 0.184. The standard InChI is InChI=1S/C17H32N2O3/c1-14(15-4-2-7-18-13-15)12-17(20)19-8-3-9-22-16-5-10-21-11-6-16/h14-16,18H,2-13H2,1H3,(H,19,20). The minimum atomic E-state index is 0.184. The van der Waals surface area contributed by atoms with Crippen LogP contribution >= 0.6 is 0 Å². The topological polar surface area (TPSA) is 59.6 Å². The SMILES string of the molecule is CC(CC(=O)NCCCOC1CCOCC1)C1CCCNC1. The fourth-order valence-corrected chi connectivity index (χ4v) is 3.29. The highest BCUT2D eigenvalue weighted by atomic mass is 16.5. The first-order valence-electron chi connectivity index (χ1n) is 8.92. The van der Waals surface area contributed by atoms with Gasteiger partial charge in [-0.15, -0.1) is 0 Å². The molecule has 2 fully saturated rings. The van der Waals surface area contributed by atoms with Crippen molar-refractivity contribution in [3.05, 3.63) is 0 Å². The number of rotatable bonds is 8. The Bertz CT molecular complexity index is 313. The van der Waals surface area contributed by atoms with E-state index in [0.29, 0.717) is 24.4 Å². The highest BCUT2D eigenvalue weighted by Crippen LogP contribution is 2.22. The largest absolute Gasteiger partial charge is 0.381 e. The van der Waals surface area contributed by atoms with Crippen LogP contribution in [-0.4, -0.2) is 51.5 Å². The highest BCUT2D eigenvalue weighted by Gasteiger charge is 2.21. The van der Waals surface area contributed by atoms with Crippen LogP contribution in [0.3, 0.4) is 0 Å². The van der Waals surface area contributed by atoms with Gasteiger partial charge < -0.3 is 20.1 Å². The van der Waals surface area contributed by atoms with Crippen LogP contribution in [0.15, 0.2) is 0 Å². The lowest BCUT2D eigenvalue weighted by Gasteiger charge is -2.28. The summed E-state index contributed by atoms with van der Waals surface area (Å²) in [5.74, 6) is 1.30. The van der Waals surface area contributed by atoms with Crippen molar-refractivity contribution in [1.82, 2.24) is 10.6 Å². The van der Waals surface area contributed by atoms with Crippen molar-refractivity contribution >= 4 is 5.91 Å². The van der Waals surface area contributed by atoms with Gasteiger partial charge in [-0.05, 0) is 57.0 Å². The Hall–Kier alpha value is -0.650. The average Bonchev–Trinajstić information content (AvgIpc) is 2.56. The van der Waals surface area contributed by atoms with Crippen molar-refractivity contribution in [3.8, 4) is 0 Å². The number of ether oxygens (including phenoxy) is 2. The molecule has 1 amide bonds. The van der Waals surface area contributed by atoms with Gasteiger partial charge in [0, 0.05) is 32.8 Å². The summed E-state index contributed by atoms with van der Waals surface area (Å²) >= 11 is 0. The lowest BCUT2D eigenvalue weighted by atomic mass is 9.85. The fraction of sp³-hybridized carbons (Fsp3) is 0.941. The number of nitrogens with one attached hydrogen (secondary N) is 2. The van der Waals surface area contributed by atoms with Gasteiger partial charge in [-0.2, -0.15) is 0 Å². The Balaban J connectivity index is 1.48. The molecule has 2 heterocycles. The zero-order valence-corrected chi connectivity index (χ0v) is 13.9. The lowest BCUT2D eigenvalue weighted by Crippen LogP contribution is -2.36. The van der Waals surface area contributed by atoms with E-state index in [-0.39, 0.29) is 5.91 Å². The summed E-state index contributed by atoms with van der Waals surface area (Å²) in [6.07, 6.45) is 6.37. The van der Waals surface area contributed by atoms with E-state index in [1.165, 1.54) is 12.8 Å². The van der Waals surface area contributed by atoms with E-state index in [1.54, 1.807) is 0 Å². The van der Waals surface area contributed by atoms with E-state index in [2.05, 4.69) is 17.6 Å². The van der Waals surface area contributed by atoms with Gasteiger partial charge >= 0.3 is 0 Å². The zero-order valence-electron chi connectivity index (χ0n) is 13.9. The first kappa shape index (κ1) is 17.7. The highest BCUT2D eigenvalue weighted by molar-refractivity contribution is 5.76. The smallest absolute Gasteiger partial charge is 0.220 e. The summed E-state index contributed by atoms with van der Waals surface area (Å²) in [5.41, 5.74) is 0. The third kappa shape index (κ3) is 6.63. The Morgan fingerprint density at radius 2 is 2.18 bits per heavy atom. The molecule has 0 spiro atoms. The predicted molar refractivity (Wildman–Crippen MR) is 86.8 cm³/mol. The molecule has 5 nitrogen and oxygen atoms in total. The Kier molecular flexibility index (Phi) is 8.20. The molecule has 0 aromatic rings. The van der Waals surface area contributed by atoms with Gasteiger partial charge in [-0.1, -0.05) is 6.92 Å². The van der Waals surface area contributed by atoms with E-state index in [1.807, 2.05) is 0 Å². The molecule has 0 saturated carbocycles. The lowest BCUT2D eigenvalue weighted by molar-refractivity contribution is -0.122. The van der Waals surface area contributed by atoms with Crippen molar-refractivity contribution in [3.63, 3.8) is 0 Å². The predicted octanol–water partition coefficient (Wildman–Crippen LogP) is 1.71. The Labute approximate surface area is 134 Å². The maximum Gasteiger partial charge on any atom is 0.220 e. The third-order valence-corrected chi connectivity index (χ3v) is 4.81. The summed E-state index contributed by atoms with van der Waals surface area (Å²) in [5, 5.41) is 6.45. The van der Waals surface area contributed by atoms with E-state index in [9.17, 15) is 4.79 Å². The van der Waals surface area contributed by atoms with Crippen molar-refractivity contribution < 1.29 is 14.3 Å². The molecule has 0 aromatic heterocycles. The molecule has 0 radical (unpaired) electrons. The van der Waals surface area contributed by atoms with Gasteiger partial charge in [-0.25, -0.2) is 0 Å². The number of hydrogen-bond acceptors (Lipinski definition) is 4. The maximum absolute atomic E-state index is 12.0. The van der Waals surface area contributed by atoms with Crippen LogP contribution in [0.25, 0.3) is 0 Å². The number of amides is 1. The third-order valence-electron chi connectivity index (χ3n) is 4.81.